The predicted octanol–water partition coefficient (Wildman–Crippen LogP) is 1.91. The summed E-state index contributed by atoms with van der Waals surface area (Å²) in [6, 6.07) is 1.38. The molecule has 0 radical (unpaired) electrons. The van der Waals surface area contributed by atoms with Crippen LogP contribution < -0.4 is 16.8 Å². The number of primary amides is 1. The minimum absolute atomic E-state index is 0.0359. The largest absolute Gasteiger partial charge is 0.397 e. The molecule has 1 aromatic heterocycles. The molecule has 0 fully saturated rings. The second kappa shape index (κ2) is 6.26. The number of pyridine rings is 1. The fraction of sp³-hybridized carbons (Fsp3) is 0.455. The summed E-state index contributed by atoms with van der Waals surface area (Å²) in [4.78, 5) is 14.9. The third kappa shape index (κ3) is 5.45. The first-order valence-corrected chi connectivity index (χ1v) is 5.65. The van der Waals surface area contributed by atoms with E-state index in [9.17, 15) is 18.0 Å². The predicted molar refractivity (Wildman–Crippen MR) is 65.6 cm³/mol. The van der Waals surface area contributed by atoms with E-state index in [1.165, 1.54) is 12.3 Å². The number of hydrogen-bond donors (Lipinski definition) is 3. The van der Waals surface area contributed by atoms with E-state index in [1.54, 1.807) is 0 Å². The standard InChI is InChI=1S/C11H15F3N4O/c12-11(13,14)3-1-2-4-17-9-5-7(10(16)19)8(15)6-18-9/h5-6H,1-4,15H2,(H2,16,19)(H,17,18). The minimum atomic E-state index is -4.13. The van der Waals surface area contributed by atoms with Crippen LogP contribution in [0.5, 0.6) is 0 Å². The maximum absolute atomic E-state index is 11.9. The number of amides is 1. The van der Waals surface area contributed by atoms with Gasteiger partial charge in [-0.2, -0.15) is 13.2 Å². The van der Waals surface area contributed by atoms with Crippen LogP contribution in [0.15, 0.2) is 12.3 Å². The van der Waals surface area contributed by atoms with Crippen LogP contribution in [0.25, 0.3) is 0 Å². The molecule has 1 aromatic rings. The highest BCUT2D eigenvalue weighted by molar-refractivity contribution is 5.98. The molecule has 1 amide bonds. The highest BCUT2D eigenvalue weighted by Crippen LogP contribution is 2.22. The Hall–Kier alpha value is -1.99. The monoisotopic (exact) mass is 276 g/mol. The Balaban J connectivity index is 2.42. The number of carbonyl (C=O) groups is 1. The van der Waals surface area contributed by atoms with E-state index in [0.717, 1.165) is 0 Å². The Bertz CT molecular complexity index is 448. The van der Waals surface area contributed by atoms with Crippen molar-refractivity contribution in [3.63, 3.8) is 0 Å². The van der Waals surface area contributed by atoms with E-state index in [1.807, 2.05) is 0 Å². The van der Waals surface area contributed by atoms with Crippen molar-refractivity contribution in [1.82, 2.24) is 4.98 Å². The molecule has 1 heterocycles. The summed E-state index contributed by atoms with van der Waals surface area (Å²) in [5, 5.41) is 2.81. The van der Waals surface area contributed by atoms with Crippen molar-refractivity contribution in [2.75, 3.05) is 17.6 Å². The molecule has 0 saturated heterocycles. The number of carbonyl (C=O) groups excluding carboxylic acids is 1. The van der Waals surface area contributed by atoms with Crippen LogP contribution in [0.4, 0.5) is 24.7 Å². The molecule has 0 aliphatic carbocycles. The number of nitrogens with one attached hydrogen (secondary N) is 1. The SMILES string of the molecule is NC(=O)c1cc(NCCCCC(F)(F)F)ncc1N. The van der Waals surface area contributed by atoms with Gasteiger partial charge in [-0.3, -0.25) is 4.79 Å². The second-order valence-corrected chi connectivity index (χ2v) is 4.02. The van der Waals surface area contributed by atoms with Crippen LogP contribution in [0.3, 0.4) is 0 Å². The van der Waals surface area contributed by atoms with Gasteiger partial charge in [0.05, 0.1) is 17.4 Å². The van der Waals surface area contributed by atoms with Crippen LogP contribution >= 0.6 is 0 Å². The van der Waals surface area contributed by atoms with Gasteiger partial charge in [0.2, 0.25) is 0 Å². The molecule has 0 atom stereocenters. The normalized spacial score (nSPS) is 11.3. The maximum Gasteiger partial charge on any atom is 0.389 e. The number of aromatic nitrogens is 1. The van der Waals surface area contributed by atoms with Gasteiger partial charge in [0.1, 0.15) is 5.82 Å². The van der Waals surface area contributed by atoms with Gasteiger partial charge in [0, 0.05) is 13.0 Å². The first-order valence-electron chi connectivity index (χ1n) is 5.65. The molecule has 0 saturated carbocycles. The highest BCUT2D eigenvalue weighted by Gasteiger charge is 2.25. The lowest BCUT2D eigenvalue weighted by Crippen LogP contribution is -2.15. The lowest BCUT2D eigenvalue weighted by atomic mass is 10.2. The van der Waals surface area contributed by atoms with Crippen LogP contribution in [-0.2, 0) is 0 Å². The topological polar surface area (TPSA) is 94.0 Å². The van der Waals surface area contributed by atoms with Crippen molar-refractivity contribution in [3.8, 4) is 0 Å². The van der Waals surface area contributed by atoms with E-state index in [4.69, 9.17) is 11.5 Å². The van der Waals surface area contributed by atoms with Crippen LogP contribution in [0, 0.1) is 0 Å². The van der Waals surface area contributed by atoms with Crippen LogP contribution in [0.2, 0.25) is 0 Å². The average Bonchev–Trinajstić information content (AvgIpc) is 2.29. The van der Waals surface area contributed by atoms with Crippen molar-refractivity contribution in [1.29, 1.82) is 0 Å². The van der Waals surface area contributed by atoms with Gasteiger partial charge in [-0.25, -0.2) is 4.98 Å². The van der Waals surface area contributed by atoms with Crippen LogP contribution in [0.1, 0.15) is 29.6 Å². The molecular weight excluding hydrogens is 261 g/mol. The molecule has 106 valence electrons. The number of halogens is 3. The molecular formula is C11H15F3N4O. The van der Waals surface area contributed by atoms with Gasteiger partial charge in [0.25, 0.3) is 5.91 Å². The minimum Gasteiger partial charge on any atom is -0.397 e. The van der Waals surface area contributed by atoms with Gasteiger partial charge >= 0.3 is 6.18 Å². The van der Waals surface area contributed by atoms with Crippen molar-refractivity contribution < 1.29 is 18.0 Å². The number of nitrogen functional groups attached to an aromatic ring is 1. The van der Waals surface area contributed by atoms with Gasteiger partial charge in [-0.15, -0.1) is 0 Å². The summed E-state index contributed by atoms with van der Waals surface area (Å²) < 4.78 is 35.7. The number of nitrogens with zero attached hydrogens (tertiary/aromatic N) is 1. The molecule has 1 rings (SSSR count). The van der Waals surface area contributed by atoms with E-state index < -0.39 is 18.5 Å². The lowest BCUT2D eigenvalue weighted by Gasteiger charge is -2.09. The van der Waals surface area contributed by atoms with E-state index >= 15 is 0 Å². The van der Waals surface area contributed by atoms with Gasteiger partial charge in [-0.1, -0.05) is 0 Å². The molecule has 0 spiro atoms. The number of nitrogens with two attached hydrogens (primary N) is 2. The van der Waals surface area contributed by atoms with Gasteiger partial charge in [0.15, 0.2) is 0 Å². The molecule has 0 bridgehead atoms. The lowest BCUT2D eigenvalue weighted by molar-refractivity contribution is -0.135. The summed E-state index contributed by atoms with van der Waals surface area (Å²) in [6.07, 6.45) is -3.28. The van der Waals surface area contributed by atoms with Crippen molar-refractivity contribution in [2.24, 2.45) is 5.73 Å². The summed E-state index contributed by atoms with van der Waals surface area (Å²) in [6.45, 7) is 0.325. The molecule has 0 aromatic carbocycles. The van der Waals surface area contributed by atoms with Crippen molar-refractivity contribution >= 4 is 17.4 Å². The number of hydrogen-bond acceptors (Lipinski definition) is 4. The van der Waals surface area contributed by atoms with Crippen molar-refractivity contribution in [3.05, 3.63) is 17.8 Å². The zero-order valence-electron chi connectivity index (χ0n) is 10.1. The van der Waals surface area contributed by atoms with Gasteiger partial charge in [-0.05, 0) is 18.9 Å². The number of unbranched alkanes of at least 4 members (excludes halogenated alkanes) is 1. The van der Waals surface area contributed by atoms with E-state index in [-0.39, 0.29) is 17.7 Å². The van der Waals surface area contributed by atoms with Crippen LogP contribution in [-0.4, -0.2) is 23.6 Å². The average molecular weight is 276 g/mol. The summed E-state index contributed by atoms with van der Waals surface area (Å²) >= 11 is 0. The smallest absolute Gasteiger partial charge is 0.389 e. The third-order valence-corrected chi connectivity index (χ3v) is 2.39. The fourth-order valence-electron chi connectivity index (χ4n) is 1.44. The van der Waals surface area contributed by atoms with E-state index in [0.29, 0.717) is 18.8 Å². The third-order valence-electron chi connectivity index (χ3n) is 2.39. The second-order valence-electron chi connectivity index (χ2n) is 4.02. The quantitative estimate of drug-likeness (QED) is 0.692. The zero-order chi connectivity index (χ0) is 14.5. The number of alkyl halides is 3. The Kier molecular flexibility index (Phi) is 4.96. The molecule has 5 N–H and O–H groups in total. The number of rotatable bonds is 6. The first-order chi connectivity index (χ1) is 8.79. The van der Waals surface area contributed by atoms with E-state index in [2.05, 4.69) is 10.3 Å². The van der Waals surface area contributed by atoms with Gasteiger partial charge < -0.3 is 16.8 Å². The molecule has 19 heavy (non-hydrogen) atoms. The summed E-state index contributed by atoms with van der Waals surface area (Å²) in [5.41, 5.74) is 10.9. The molecule has 0 aliphatic rings. The van der Waals surface area contributed by atoms with Crippen molar-refractivity contribution in [2.45, 2.75) is 25.4 Å². The Morgan fingerprint density at radius 3 is 2.63 bits per heavy atom. The maximum atomic E-state index is 11.9. The zero-order valence-corrected chi connectivity index (χ0v) is 10.1. The summed E-state index contributed by atoms with van der Waals surface area (Å²) in [5.74, 6) is -0.324. The Labute approximate surface area is 108 Å². The molecule has 5 nitrogen and oxygen atoms in total. The molecule has 0 aliphatic heterocycles. The first kappa shape index (κ1) is 15.1. The highest BCUT2D eigenvalue weighted by atomic mass is 19.4. The fourth-order valence-corrected chi connectivity index (χ4v) is 1.44. The molecule has 0 unspecified atom stereocenters. The summed E-state index contributed by atoms with van der Waals surface area (Å²) in [7, 11) is 0. The Morgan fingerprint density at radius 1 is 1.37 bits per heavy atom. The molecule has 8 heteroatoms. The Morgan fingerprint density at radius 2 is 2.05 bits per heavy atom. The number of anilines is 2.